The fourth-order valence-corrected chi connectivity index (χ4v) is 6.26. The zero-order valence-corrected chi connectivity index (χ0v) is 21.4. The number of aromatic nitrogens is 6. The molecular formula is C26H18Cl2N8O2. The van der Waals surface area contributed by atoms with Crippen LogP contribution < -0.4 is 10.2 Å². The van der Waals surface area contributed by atoms with E-state index in [0.717, 1.165) is 5.56 Å². The summed E-state index contributed by atoms with van der Waals surface area (Å²) in [5.41, 5.74) is 2.78. The molecule has 5 aromatic rings. The highest BCUT2D eigenvalue weighted by atomic mass is 35.5. The Hall–Kier alpha value is -4.28. The van der Waals surface area contributed by atoms with Crippen molar-refractivity contribution in [2.75, 3.05) is 10.2 Å². The van der Waals surface area contributed by atoms with E-state index < -0.39 is 5.41 Å². The van der Waals surface area contributed by atoms with E-state index in [1.807, 2.05) is 30.3 Å². The highest BCUT2D eigenvalue weighted by molar-refractivity contribution is 6.38. The van der Waals surface area contributed by atoms with Crippen LogP contribution in [0.15, 0.2) is 55.1 Å². The quantitative estimate of drug-likeness (QED) is 0.348. The Morgan fingerprint density at radius 2 is 1.89 bits per heavy atom. The van der Waals surface area contributed by atoms with Gasteiger partial charge in [-0.1, -0.05) is 53.5 Å². The fraction of sp³-hybridized carbons (Fsp3) is 0.154. The predicted octanol–water partition coefficient (Wildman–Crippen LogP) is 4.33. The van der Waals surface area contributed by atoms with Gasteiger partial charge in [-0.2, -0.15) is 9.78 Å². The van der Waals surface area contributed by atoms with Crippen molar-refractivity contribution < 1.29 is 9.59 Å². The summed E-state index contributed by atoms with van der Waals surface area (Å²) in [6.07, 6.45) is 2.76. The third-order valence-electron chi connectivity index (χ3n) is 7.13. The molecule has 188 valence electrons. The molecule has 7 rings (SSSR count). The summed E-state index contributed by atoms with van der Waals surface area (Å²) >= 11 is 13.2. The van der Waals surface area contributed by atoms with Gasteiger partial charge in [-0.3, -0.25) is 9.59 Å². The summed E-state index contributed by atoms with van der Waals surface area (Å²) in [5.74, 6) is 0.134. The molecule has 1 spiro atoms. The second kappa shape index (κ2) is 8.11. The van der Waals surface area contributed by atoms with Gasteiger partial charge in [0, 0.05) is 17.0 Å². The Bertz CT molecular complexity index is 1800. The van der Waals surface area contributed by atoms with Crippen LogP contribution in [0.1, 0.15) is 28.8 Å². The van der Waals surface area contributed by atoms with Gasteiger partial charge >= 0.3 is 0 Å². The molecule has 0 radical (unpaired) electrons. The minimum Gasteiger partial charge on any atom is -0.340 e. The summed E-state index contributed by atoms with van der Waals surface area (Å²) in [4.78, 5) is 45.3. The van der Waals surface area contributed by atoms with Gasteiger partial charge in [-0.05, 0) is 30.2 Å². The number of anilines is 2. The lowest BCUT2D eigenvalue weighted by molar-refractivity contribution is -0.126. The number of carbonyl (C=O) groups is 2. The molecule has 2 aliphatic rings. The summed E-state index contributed by atoms with van der Waals surface area (Å²) in [5, 5.41) is 8.37. The average molecular weight is 545 g/mol. The van der Waals surface area contributed by atoms with Crippen LogP contribution >= 0.6 is 23.2 Å². The van der Waals surface area contributed by atoms with Crippen molar-refractivity contribution in [3.63, 3.8) is 0 Å². The van der Waals surface area contributed by atoms with Crippen LogP contribution in [0.2, 0.25) is 10.0 Å². The number of nitrogens with zero attached hydrogens (tertiary/aromatic N) is 6. The van der Waals surface area contributed by atoms with Crippen molar-refractivity contribution in [2.24, 2.45) is 0 Å². The van der Waals surface area contributed by atoms with E-state index in [1.54, 1.807) is 24.0 Å². The number of hydrogen-bond acceptors (Lipinski definition) is 6. The van der Waals surface area contributed by atoms with E-state index in [-0.39, 0.29) is 24.8 Å². The van der Waals surface area contributed by atoms with Crippen LogP contribution in [0.3, 0.4) is 0 Å². The van der Waals surface area contributed by atoms with E-state index >= 15 is 0 Å². The molecule has 0 unspecified atom stereocenters. The third-order valence-corrected chi connectivity index (χ3v) is 7.63. The zero-order chi connectivity index (χ0) is 26.2. The van der Waals surface area contributed by atoms with Gasteiger partial charge in [0.25, 0.3) is 0 Å². The van der Waals surface area contributed by atoms with Gasteiger partial charge in [0.2, 0.25) is 11.8 Å². The van der Waals surface area contributed by atoms with E-state index in [1.165, 1.54) is 17.3 Å². The van der Waals surface area contributed by atoms with Crippen LogP contribution in [-0.4, -0.2) is 41.5 Å². The number of nitrogens with one attached hydrogen (secondary N) is 2. The number of imidazole rings is 1. The van der Waals surface area contributed by atoms with Gasteiger partial charge in [0.05, 0.1) is 29.3 Å². The monoisotopic (exact) mass is 544 g/mol. The molecule has 5 heterocycles. The molecule has 2 aliphatic heterocycles. The first-order valence-corrected chi connectivity index (χ1v) is 12.5. The van der Waals surface area contributed by atoms with Crippen molar-refractivity contribution in [3.8, 4) is 5.82 Å². The van der Waals surface area contributed by atoms with Gasteiger partial charge in [-0.25, -0.2) is 15.0 Å². The van der Waals surface area contributed by atoms with Gasteiger partial charge in [0.1, 0.15) is 23.1 Å². The molecule has 2 amide bonds. The maximum absolute atomic E-state index is 14.5. The van der Waals surface area contributed by atoms with Crippen LogP contribution in [0.5, 0.6) is 0 Å². The summed E-state index contributed by atoms with van der Waals surface area (Å²) in [7, 11) is 0. The first kappa shape index (κ1) is 22.9. The number of carbonyl (C=O) groups excluding carboxylic acids is 2. The lowest BCUT2D eigenvalue weighted by atomic mass is 9.70. The highest BCUT2D eigenvalue weighted by Crippen LogP contribution is 2.56. The number of amides is 2. The van der Waals surface area contributed by atoms with Crippen LogP contribution in [0.4, 0.5) is 11.5 Å². The molecular weight excluding hydrogens is 527 g/mol. The standard InChI is InChI=1S/C26H18Cl2N8O2/c1-13-19-23(36(34-13)24-20-22(30-11-29-20)31-12-32-24)33-18(37)9-26(19)16-7-15(27)8-17(28)21(16)35(25(26)38)10-14-5-3-2-4-6-14/h2-8,11-12H,9-10H2,1H3,(H,33,37)(H,29,30,31,32)/t26-/m1/s1. The third kappa shape index (κ3) is 3.07. The number of benzene rings is 2. The second-order valence-electron chi connectivity index (χ2n) is 9.31. The van der Waals surface area contributed by atoms with E-state index in [2.05, 4.69) is 25.3 Å². The molecule has 0 fully saturated rings. The lowest BCUT2D eigenvalue weighted by Crippen LogP contribution is -2.46. The van der Waals surface area contributed by atoms with E-state index in [4.69, 9.17) is 28.3 Å². The van der Waals surface area contributed by atoms with Crippen LogP contribution in [-0.2, 0) is 21.5 Å². The molecule has 2 aromatic carbocycles. The van der Waals surface area contributed by atoms with Crippen LogP contribution in [0.25, 0.3) is 17.0 Å². The maximum atomic E-state index is 14.5. The Morgan fingerprint density at radius 3 is 2.71 bits per heavy atom. The second-order valence-corrected chi connectivity index (χ2v) is 10.2. The molecule has 38 heavy (non-hydrogen) atoms. The summed E-state index contributed by atoms with van der Waals surface area (Å²) in [6.45, 7) is 2.08. The number of rotatable bonds is 3. The summed E-state index contributed by atoms with van der Waals surface area (Å²) < 4.78 is 1.52. The Balaban J connectivity index is 1.50. The number of H-pyrrole nitrogens is 1. The average Bonchev–Trinajstić information content (AvgIpc) is 3.56. The summed E-state index contributed by atoms with van der Waals surface area (Å²) in [6, 6.07) is 13.0. The molecule has 0 aliphatic carbocycles. The number of fused-ring (bicyclic) bond motifs is 5. The number of halogens is 2. The van der Waals surface area contributed by atoms with Crippen molar-refractivity contribution in [1.29, 1.82) is 0 Å². The molecule has 1 atom stereocenters. The number of aromatic amines is 1. The minimum atomic E-state index is -1.38. The highest BCUT2D eigenvalue weighted by Gasteiger charge is 2.58. The van der Waals surface area contributed by atoms with Gasteiger partial charge in [-0.15, -0.1) is 0 Å². The predicted molar refractivity (Wildman–Crippen MR) is 142 cm³/mol. The van der Waals surface area contributed by atoms with E-state index in [9.17, 15) is 9.59 Å². The molecule has 0 saturated heterocycles. The number of hydrogen-bond donors (Lipinski definition) is 2. The first-order chi connectivity index (χ1) is 18.4. The van der Waals surface area contributed by atoms with Crippen molar-refractivity contribution in [2.45, 2.75) is 25.3 Å². The molecule has 0 bridgehead atoms. The van der Waals surface area contributed by atoms with Crippen molar-refractivity contribution >= 4 is 57.7 Å². The van der Waals surface area contributed by atoms with E-state index in [0.29, 0.717) is 55.4 Å². The van der Waals surface area contributed by atoms with Gasteiger partial charge < -0.3 is 15.2 Å². The normalized spacial score (nSPS) is 18.2. The molecule has 0 saturated carbocycles. The van der Waals surface area contributed by atoms with Gasteiger partial charge in [0.15, 0.2) is 11.5 Å². The Kier molecular flexibility index (Phi) is 4.88. The first-order valence-electron chi connectivity index (χ1n) is 11.8. The topological polar surface area (TPSA) is 122 Å². The maximum Gasteiger partial charge on any atom is 0.243 e. The Labute approximate surface area is 225 Å². The SMILES string of the molecule is Cc1nn(-c2ncnc3nc[nH]c23)c2c1[C@]1(CC(=O)N2)C(=O)N(Cc2ccccc2)c2c(Cl)cc(Cl)cc21. The largest absolute Gasteiger partial charge is 0.340 e. The fourth-order valence-electron chi connectivity index (χ4n) is 5.67. The minimum absolute atomic E-state index is 0.121. The molecule has 10 nitrogen and oxygen atoms in total. The molecule has 12 heteroatoms. The lowest BCUT2D eigenvalue weighted by Gasteiger charge is -2.33. The molecule has 3 aromatic heterocycles. The van der Waals surface area contributed by atoms with Crippen molar-refractivity contribution in [1.82, 2.24) is 29.7 Å². The van der Waals surface area contributed by atoms with Crippen LogP contribution in [0, 0.1) is 6.92 Å². The Morgan fingerprint density at radius 1 is 1.08 bits per heavy atom. The van der Waals surface area contributed by atoms with Crippen molar-refractivity contribution in [3.05, 3.63) is 87.5 Å². The zero-order valence-electron chi connectivity index (χ0n) is 19.9. The number of aryl methyl sites for hydroxylation is 1. The smallest absolute Gasteiger partial charge is 0.243 e. The molecule has 2 N–H and O–H groups in total.